The maximum atomic E-state index is 5.34. The van der Waals surface area contributed by atoms with Gasteiger partial charge in [0.15, 0.2) is 0 Å². The van der Waals surface area contributed by atoms with Gasteiger partial charge in [0.2, 0.25) is 0 Å². The molecule has 1 aromatic heterocycles. The highest BCUT2D eigenvalue weighted by molar-refractivity contribution is 5.78. The first-order chi connectivity index (χ1) is 10.2. The molecule has 0 spiro atoms. The molecule has 0 radical (unpaired) electrons. The summed E-state index contributed by atoms with van der Waals surface area (Å²) in [6.07, 6.45) is 3.49. The van der Waals surface area contributed by atoms with E-state index in [1.807, 2.05) is 6.07 Å². The summed E-state index contributed by atoms with van der Waals surface area (Å²) in [5.74, 6) is 2.14. The van der Waals surface area contributed by atoms with E-state index >= 15 is 0 Å². The fraction of sp³-hybridized carbons (Fsp3) is 0.588. The lowest BCUT2D eigenvalue weighted by atomic mass is 9.76. The van der Waals surface area contributed by atoms with E-state index < -0.39 is 0 Å². The van der Waals surface area contributed by atoms with Crippen LogP contribution < -0.4 is 10.1 Å². The van der Waals surface area contributed by atoms with E-state index in [2.05, 4.69) is 35.9 Å². The van der Waals surface area contributed by atoms with Gasteiger partial charge in [-0.3, -0.25) is 0 Å². The molecule has 114 valence electrons. The lowest BCUT2D eigenvalue weighted by Gasteiger charge is -2.36. The van der Waals surface area contributed by atoms with Crippen LogP contribution in [0.2, 0.25) is 0 Å². The van der Waals surface area contributed by atoms with Crippen LogP contribution in [-0.4, -0.2) is 29.8 Å². The maximum absolute atomic E-state index is 5.34. The Morgan fingerprint density at radius 2 is 2.05 bits per heavy atom. The summed E-state index contributed by atoms with van der Waals surface area (Å²) in [6.45, 7) is 7.64. The van der Waals surface area contributed by atoms with E-state index in [1.165, 1.54) is 24.2 Å². The van der Waals surface area contributed by atoms with E-state index in [-0.39, 0.29) is 5.41 Å². The first kappa shape index (κ1) is 14.4. The zero-order valence-corrected chi connectivity index (χ0v) is 13.3. The van der Waals surface area contributed by atoms with Crippen LogP contribution in [0.4, 0.5) is 0 Å². The molecule has 3 rings (SSSR count). The number of fused-ring (bicyclic) bond motifs is 1. The summed E-state index contributed by atoms with van der Waals surface area (Å²) in [6, 6.07) is 6.22. The van der Waals surface area contributed by atoms with Crippen molar-refractivity contribution in [3.8, 4) is 5.75 Å². The Labute approximate surface area is 126 Å². The van der Waals surface area contributed by atoms with Crippen molar-refractivity contribution >= 4 is 11.0 Å². The summed E-state index contributed by atoms with van der Waals surface area (Å²) in [5.41, 5.74) is 2.49. The van der Waals surface area contributed by atoms with Gasteiger partial charge in [0.05, 0.1) is 18.1 Å². The highest BCUT2D eigenvalue weighted by atomic mass is 16.5. The van der Waals surface area contributed by atoms with Crippen LogP contribution >= 0.6 is 0 Å². The van der Waals surface area contributed by atoms with Gasteiger partial charge in [0.1, 0.15) is 11.6 Å². The minimum atomic E-state index is 0.216. The second-order valence-corrected chi connectivity index (χ2v) is 5.92. The van der Waals surface area contributed by atoms with Crippen molar-refractivity contribution in [2.75, 3.05) is 20.2 Å². The van der Waals surface area contributed by atoms with E-state index in [4.69, 9.17) is 9.72 Å². The van der Waals surface area contributed by atoms with Crippen molar-refractivity contribution in [1.82, 2.24) is 14.9 Å². The summed E-state index contributed by atoms with van der Waals surface area (Å²) in [4.78, 5) is 5.01. The predicted octanol–water partition coefficient (Wildman–Crippen LogP) is 3.10. The van der Waals surface area contributed by atoms with Crippen LogP contribution in [0, 0.1) is 0 Å². The Kier molecular flexibility index (Phi) is 3.89. The molecule has 2 heterocycles. The number of benzene rings is 1. The molecule has 2 aromatic rings. The minimum Gasteiger partial charge on any atom is -0.497 e. The molecule has 4 heteroatoms. The van der Waals surface area contributed by atoms with E-state index in [1.54, 1.807) is 7.11 Å². The smallest absolute Gasteiger partial charge is 0.121 e. The summed E-state index contributed by atoms with van der Waals surface area (Å²) < 4.78 is 7.74. The van der Waals surface area contributed by atoms with Crippen molar-refractivity contribution in [1.29, 1.82) is 0 Å². The van der Waals surface area contributed by atoms with Crippen LogP contribution in [0.25, 0.3) is 11.0 Å². The quantitative estimate of drug-likeness (QED) is 0.939. The lowest BCUT2D eigenvalue weighted by molar-refractivity contribution is 0.275. The molecule has 1 aliphatic rings. The van der Waals surface area contributed by atoms with Crippen molar-refractivity contribution < 1.29 is 4.74 Å². The summed E-state index contributed by atoms with van der Waals surface area (Å²) in [5, 5.41) is 3.48. The van der Waals surface area contributed by atoms with E-state index in [9.17, 15) is 0 Å². The second-order valence-electron chi connectivity index (χ2n) is 5.92. The van der Waals surface area contributed by atoms with Gasteiger partial charge in [-0.05, 0) is 51.4 Å². The molecule has 1 N–H and O–H groups in total. The number of nitrogens with zero attached hydrogens (tertiary/aromatic N) is 2. The Bertz CT molecular complexity index is 626. The molecule has 0 saturated carbocycles. The number of imidazole rings is 1. The molecular formula is C17H25N3O. The number of hydrogen-bond donors (Lipinski definition) is 1. The van der Waals surface area contributed by atoms with E-state index in [0.29, 0.717) is 0 Å². The third-order valence-electron chi connectivity index (χ3n) is 4.98. The largest absolute Gasteiger partial charge is 0.497 e. The molecule has 21 heavy (non-hydrogen) atoms. The van der Waals surface area contributed by atoms with Gasteiger partial charge in [0, 0.05) is 18.0 Å². The van der Waals surface area contributed by atoms with Crippen LogP contribution in [0.5, 0.6) is 5.75 Å². The monoisotopic (exact) mass is 287 g/mol. The molecule has 4 nitrogen and oxygen atoms in total. The fourth-order valence-corrected chi connectivity index (χ4v) is 3.60. The average Bonchev–Trinajstić information content (AvgIpc) is 2.93. The highest BCUT2D eigenvalue weighted by Gasteiger charge is 2.36. The molecule has 0 amide bonds. The zero-order chi connectivity index (χ0) is 14.9. The molecule has 0 bridgehead atoms. The van der Waals surface area contributed by atoms with Crippen molar-refractivity contribution in [3.63, 3.8) is 0 Å². The average molecular weight is 287 g/mol. The van der Waals surface area contributed by atoms with Gasteiger partial charge < -0.3 is 14.6 Å². The Balaban J connectivity index is 2.16. The van der Waals surface area contributed by atoms with Crippen LogP contribution in [-0.2, 0) is 12.0 Å². The minimum absolute atomic E-state index is 0.216. The molecule has 0 aliphatic carbocycles. The number of aromatic nitrogens is 2. The SMILES string of the molecule is CCn1c(C2(CC)CCNCC2)nc2cc(OC)ccc21. The molecule has 1 saturated heterocycles. The first-order valence-corrected chi connectivity index (χ1v) is 7.99. The van der Waals surface area contributed by atoms with Gasteiger partial charge in [-0.2, -0.15) is 0 Å². The standard InChI is InChI=1S/C17H25N3O/c1-4-17(8-10-18-11-9-17)16-19-14-12-13(21-3)6-7-15(14)20(16)5-2/h6-7,12,18H,4-5,8-11H2,1-3H3. The molecule has 0 atom stereocenters. The number of nitrogens with one attached hydrogen (secondary N) is 1. The number of methoxy groups -OCH3 is 1. The molecule has 1 fully saturated rings. The third kappa shape index (κ3) is 2.31. The Hall–Kier alpha value is -1.55. The Morgan fingerprint density at radius 3 is 2.67 bits per heavy atom. The Morgan fingerprint density at radius 1 is 1.29 bits per heavy atom. The zero-order valence-electron chi connectivity index (χ0n) is 13.3. The fourth-order valence-electron chi connectivity index (χ4n) is 3.60. The van der Waals surface area contributed by atoms with Crippen LogP contribution in [0.15, 0.2) is 18.2 Å². The maximum Gasteiger partial charge on any atom is 0.121 e. The lowest BCUT2D eigenvalue weighted by Crippen LogP contribution is -2.41. The van der Waals surface area contributed by atoms with Crippen LogP contribution in [0.1, 0.15) is 38.9 Å². The van der Waals surface area contributed by atoms with Gasteiger partial charge in [-0.1, -0.05) is 6.92 Å². The summed E-state index contributed by atoms with van der Waals surface area (Å²) in [7, 11) is 1.71. The highest BCUT2D eigenvalue weighted by Crippen LogP contribution is 2.38. The van der Waals surface area contributed by atoms with Gasteiger partial charge in [0.25, 0.3) is 0 Å². The third-order valence-corrected chi connectivity index (χ3v) is 4.98. The number of ether oxygens (including phenoxy) is 1. The van der Waals surface area contributed by atoms with Gasteiger partial charge >= 0.3 is 0 Å². The second kappa shape index (κ2) is 5.68. The summed E-state index contributed by atoms with van der Waals surface area (Å²) >= 11 is 0. The number of hydrogen-bond acceptors (Lipinski definition) is 3. The van der Waals surface area contributed by atoms with Crippen LogP contribution in [0.3, 0.4) is 0 Å². The van der Waals surface area contributed by atoms with Crippen molar-refractivity contribution in [2.45, 2.75) is 45.1 Å². The predicted molar refractivity (Wildman–Crippen MR) is 86.0 cm³/mol. The number of rotatable bonds is 4. The number of aryl methyl sites for hydroxylation is 1. The van der Waals surface area contributed by atoms with Gasteiger partial charge in [-0.25, -0.2) is 4.98 Å². The van der Waals surface area contributed by atoms with Gasteiger partial charge in [-0.15, -0.1) is 0 Å². The topological polar surface area (TPSA) is 39.1 Å². The normalized spacial score (nSPS) is 18.0. The van der Waals surface area contributed by atoms with E-state index in [0.717, 1.165) is 37.3 Å². The molecule has 1 aliphatic heterocycles. The van der Waals surface area contributed by atoms with Crippen molar-refractivity contribution in [2.24, 2.45) is 0 Å². The molecular weight excluding hydrogens is 262 g/mol. The van der Waals surface area contributed by atoms with Crippen molar-refractivity contribution in [3.05, 3.63) is 24.0 Å². The molecule has 0 unspecified atom stereocenters. The first-order valence-electron chi connectivity index (χ1n) is 7.99. The molecule has 1 aromatic carbocycles. The number of piperidine rings is 1.